The predicted octanol–water partition coefficient (Wildman–Crippen LogP) is 2.09. The molecule has 0 saturated heterocycles. The lowest BCUT2D eigenvalue weighted by atomic mass is 10.00. The second-order valence-corrected chi connectivity index (χ2v) is 6.46. The maximum absolute atomic E-state index is 12.3. The molecule has 0 radical (unpaired) electrons. The molecule has 2 heterocycles. The first-order valence-electron chi connectivity index (χ1n) is 7.73. The summed E-state index contributed by atoms with van der Waals surface area (Å²) in [5, 5.41) is 7.58. The van der Waals surface area contributed by atoms with Crippen LogP contribution in [0.2, 0.25) is 0 Å². The fourth-order valence-electron chi connectivity index (χ4n) is 2.58. The summed E-state index contributed by atoms with van der Waals surface area (Å²) in [6.07, 6.45) is 0.639. The smallest absolute Gasteiger partial charge is 0.337 e. The number of thiophene rings is 1. The number of amides is 2. The van der Waals surface area contributed by atoms with Gasteiger partial charge in [0.1, 0.15) is 0 Å². The topological polar surface area (TPSA) is 70.7 Å². The summed E-state index contributed by atoms with van der Waals surface area (Å²) in [6, 6.07) is 3.49. The minimum atomic E-state index is -0.369. The highest BCUT2D eigenvalue weighted by atomic mass is 32.1. The lowest BCUT2D eigenvalue weighted by Crippen LogP contribution is -2.51. The Hall–Kier alpha value is -1.86. The molecule has 0 saturated carbocycles. The highest BCUT2D eigenvalue weighted by Gasteiger charge is 2.31. The molecule has 1 atom stereocenters. The molecule has 2 N–H and O–H groups in total. The van der Waals surface area contributed by atoms with Gasteiger partial charge in [0, 0.05) is 23.7 Å². The van der Waals surface area contributed by atoms with Gasteiger partial charge in [0.2, 0.25) is 0 Å². The van der Waals surface area contributed by atoms with Gasteiger partial charge in [-0.05, 0) is 31.8 Å². The molecule has 2 amide bonds. The van der Waals surface area contributed by atoms with Gasteiger partial charge in [0.15, 0.2) is 0 Å². The van der Waals surface area contributed by atoms with Crippen LogP contribution in [0.15, 0.2) is 28.8 Å². The first-order valence-corrected chi connectivity index (χ1v) is 8.61. The average Bonchev–Trinajstić information content (AvgIpc) is 2.99. The van der Waals surface area contributed by atoms with Crippen molar-refractivity contribution in [1.29, 1.82) is 0 Å². The minimum absolute atomic E-state index is 0.274. The number of likely N-dealkylation sites (N-methyl/N-ethyl adjacent to an activating group) is 1. The number of esters is 1. The van der Waals surface area contributed by atoms with E-state index in [1.165, 1.54) is 4.88 Å². The Morgan fingerprint density at radius 2 is 2.17 bits per heavy atom. The monoisotopic (exact) mass is 337 g/mol. The summed E-state index contributed by atoms with van der Waals surface area (Å²) in [5.41, 5.74) is 1.14. The molecule has 0 fully saturated rings. The van der Waals surface area contributed by atoms with Gasteiger partial charge in [0.05, 0.1) is 18.2 Å². The van der Waals surface area contributed by atoms with Crippen molar-refractivity contribution in [2.45, 2.75) is 32.9 Å². The maximum Gasteiger partial charge on any atom is 0.337 e. The van der Waals surface area contributed by atoms with Crippen LogP contribution in [0.3, 0.4) is 0 Å². The van der Waals surface area contributed by atoms with E-state index in [-0.39, 0.29) is 18.0 Å². The summed E-state index contributed by atoms with van der Waals surface area (Å²) in [7, 11) is 1.96. The van der Waals surface area contributed by atoms with Gasteiger partial charge in [-0.3, -0.25) is 4.90 Å². The van der Waals surface area contributed by atoms with E-state index in [0.29, 0.717) is 30.8 Å². The van der Waals surface area contributed by atoms with Crippen LogP contribution in [0.1, 0.15) is 25.1 Å². The average molecular weight is 337 g/mol. The van der Waals surface area contributed by atoms with E-state index in [4.69, 9.17) is 4.74 Å². The van der Waals surface area contributed by atoms with E-state index in [1.54, 1.807) is 18.3 Å². The van der Waals surface area contributed by atoms with Crippen molar-refractivity contribution in [3.8, 4) is 0 Å². The zero-order valence-electron chi connectivity index (χ0n) is 13.7. The highest BCUT2D eigenvalue weighted by Crippen LogP contribution is 2.19. The fourth-order valence-corrected chi connectivity index (χ4v) is 3.36. The molecule has 1 aromatic heterocycles. The molecular formula is C16H23N3O3S. The van der Waals surface area contributed by atoms with Crippen molar-refractivity contribution in [2.24, 2.45) is 0 Å². The number of urea groups is 1. The van der Waals surface area contributed by atoms with Crippen molar-refractivity contribution >= 4 is 23.3 Å². The van der Waals surface area contributed by atoms with Crippen LogP contribution < -0.4 is 10.6 Å². The normalized spacial score (nSPS) is 17.9. The number of hydrogen-bond donors (Lipinski definition) is 2. The Bertz CT molecular complexity index is 583. The largest absolute Gasteiger partial charge is 0.463 e. The Morgan fingerprint density at radius 3 is 2.78 bits per heavy atom. The summed E-state index contributed by atoms with van der Waals surface area (Å²) in [5.74, 6) is -0.369. The second-order valence-electron chi connectivity index (χ2n) is 5.42. The molecule has 0 spiro atoms. The standard InChI is InChI=1S/C16H23N3O3S/c1-4-12-14(15(20)22-5-2)13(18-16(21)17-12)10-19(3)9-11-7-6-8-23-11/h6-8,12H,4-5,9-10H2,1-3H3,(H2,17,18,21)/t12-/m0/s1. The van der Waals surface area contributed by atoms with Gasteiger partial charge >= 0.3 is 12.0 Å². The number of rotatable bonds is 7. The van der Waals surface area contributed by atoms with E-state index >= 15 is 0 Å². The molecule has 1 aliphatic heterocycles. The Balaban J connectivity index is 2.20. The lowest BCUT2D eigenvalue weighted by Gasteiger charge is -2.30. The van der Waals surface area contributed by atoms with E-state index in [1.807, 2.05) is 25.4 Å². The molecule has 0 unspecified atom stereocenters. The summed E-state index contributed by atoms with van der Waals surface area (Å²) >= 11 is 1.69. The Morgan fingerprint density at radius 1 is 1.39 bits per heavy atom. The molecule has 0 bridgehead atoms. The number of nitrogens with one attached hydrogen (secondary N) is 2. The van der Waals surface area contributed by atoms with E-state index in [0.717, 1.165) is 6.54 Å². The number of hydrogen-bond acceptors (Lipinski definition) is 5. The van der Waals surface area contributed by atoms with Gasteiger partial charge < -0.3 is 15.4 Å². The number of nitrogens with zero attached hydrogens (tertiary/aromatic N) is 1. The van der Waals surface area contributed by atoms with Crippen LogP contribution in [-0.2, 0) is 16.1 Å². The van der Waals surface area contributed by atoms with Crippen LogP contribution in [-0.4, -0.2) is 43.1 Å². The quantitative estimate of drug-likeness (QED) is 0.748. The number of ether oxygens (including phenoxy) is 1. The molecule has 1 aromatic rings. The molecule has 7 heteroatoms. The highest BCUT2D eigenvalue weighted by molar-refractivity contribution is 7.09. The van der Waals surface area contributed by atoms with E-state index < -0.39 is 0 Å². The second kappa shape index (κ2) is 8.12. The molecule has 2 rings (SSSR count). The summed E-state index contributed by atoms with van der Waals surface area (Å²) in [4.78, 5) is 27.4. The molecule has 6 nitrogen and oxygen atoms in total. The third-order valence-corrected chi connectivity index (χ3v) is 4.44. The molecule has 23 heavy (non-hydrogen) atoms. The van der Waals surface area contributed by atoms with Gasteiger partial charge in [-0.2, -0.15) is 0 Å². The Labute approximate surface area is 140 Å². The SMILES string of the molecule is CCOC(=O)C1=C(CN(C)Cc2cccs2)NC(=O)N[C@H]1CC. The zero-order valence-corrected chi connectivity index (χ0v) is 14.5. The molecule has 0 aliphatic carbocycles. The van der Waals surface area contributed by atoms with Crippen LogP contribution in [0.25, 0.3) is 0 Å². The zero-order chi connectivity index (χ0) is 16.8. The number of carbonyl (C=O) groups is 2. The summed E-state index contributed by atoms with van der Waals surface area (Å²) in [6.45, 7) is 5.26. The minimum Gasteiger partial charge on any atom is -0.463 e. The molecule has 1 aliphatic rings. The van der Waals surface area contributed by atoms with Gasteiger partial charge in [-0.25, -0.2) is 9.59 Å². The molecule has 0 aromatic carbocycles. The van der Waals surface area contributed by atoms with Crippen LogP contribution in [0.5, 0.6) is 0 Å². The first kappa shape index (κ1) is 17.5. The number of carbonyl (C=O) groups excluding carboxylic acids is 2. The van der Waals surface area contributed by atoms with Gasteiger partial charge in [-0.15, -0.1) is 11.3 Å². The van der Waals surface area contributed by atoms with E-state index in [2.05, 4.69) is 21.6 Å². The Kier molecular flexibility index (Phi) is 6.18. The van der Waals surface area contributed by atoms with Crippen molar-refractivity contribution in [3.63, 3.8) is 0 Å². The van der Waals surface area contributed by atoms with Gasteiger partial charge in [0.25, 0.3) is 0 Å². The van der Waals surface area contributed by atoms with Gasteiger partial charge in [-0.1, -0.05) is 13.0 Å². The summed E-state index contributed by atoms with van der Waals surface area (Å²) < 4.78 is 5.16. The van der Waals surface area contributed by atoms with Crippen LogP contribution >= 0.6 is 11.3 Å². The predicted molar refractivity (Wildman–Crippen MR) is 90.1 cm³/mol. The van der Waals surface area contributed by atoms with Crippen molar-refractivity contribution < 1.29 is 14.3 Å². The van der Waals surface area contributed by atoms with E-state index in [9.17, 15) is 9.59 Å². The third-order valence-electron chi connectivity index (χ3n) is 3.58. The van der Waals surface area contributed by atoms with Crippen molar-refractivity contribution in [2.75, 3.05) is 20.2 Å². The van der Waals surface area contributed by atoms with Crippen molar-refractivity contribution in [1.82, 2.24) is 15.5 Å². The lowest BCUT2D eigenvalue weighted by molar-refractivity contribution is -0.139. The fraction of sp³-hybridized carbons (Fsp3) is 0.500. The molecular weight excluding hydrogens is 314 g/mol. The van der Waals surface area contributed by atoms with Crippen LogP contribution in [0, 0.1) is 0 Å². The maximum atomic E-state index is 12.3. The third kappa shape index (κ3) is 4.56. The first-order chi connectivity index (χ1) is 11.0. The van der Waals surface area contributed by atoms with Crippen molar-refractivity contribution in [3.05, 3.63) is 33.7 Å². The van der Waals surface area contributed by atoms with Crippen LogP contribution in [0.4, 0.5) is 4.79 Å². The molecule has 126 valence electrons.